The summed E-state index contributed by atoms with van der Waals surface area (Å²) in [6.07, 6.45) is 4.16. The van der Waals surface area contributed by atoms with E-state index in [-0.39, 0.29) is 18.0 Å². The first-order valence-corrected chi connectivity index (χ1v) is 11.2. The number of amides is 1. The van der Waals surface area contributed by atoms with Crippen LogP contribution in [0.25, 0.3) is 22.4 Å². The summed E-state index contributed by atoms with van der Waals surface area (Å²) in [4.78, 5) is 33.3. The number of allylic oxidation sites excluding steroid dienone is 2. The van der Waals surface area contributed by atoms with Gasteiger partial charge in [0.2, 0.25) is 0 Å². The number of nitrogens with one attached hydrogen (secondary N) is 1. The van der Waals surface area contributed by atoms with E-state index in [2.05, 4.69) is 5.32 Å². The van der Waals surface area contributed by atoms with Gasteiger partial charge in [0, 0.05) is 30.5 Å². The topological polar surface area (TPSA) is 125 Å². The zero-order valence-electron chi connectivity index (χ0n) is 19.4. The fourth-order valence-electron chi connectivity index (χ4n) is 3.55. The lowest BCUT2D eigenvalue weighted by Crippen LogP contribution is -2.18. The maximum atomic E-state index is 12.4. The van der Waals surface area contributed by atoms with E-state index in [0.29, 0.717) is 16.7 Å². The number of ether oxygens (including phenoxy) is 1. The molecule has 184 valence electrons. The molecular weight excluding hydrogens is 474 g/mol. The summed E-state index contributed by atoms with van der Waals surface area (Å²) in [7, 11) is 0. The van der Waals surface area contributed by atoms with Crippen LogP contribution in [-0.4, -0.2) is 15.9 Å². The maximum absolute atomic E-state index is 12.4. The van der Waals surface area contributed by atoms with Crippen molar-refractivity contribution in [3.05, 3.63) is 140 Å². The molecule has 0 saturated carbocycles. The van der Waals surface area contributed by atoms with Crippen LogP contribution in [0.5, 0.6) is 0 Å². The average Bonchev–Trinajstić information content (AvgIpc) is 2.92. The minimum atomic E-state index is -0.670. The summed E-state index contributed by atoms with van der Waals surface area (Å²) in [5.41, 5.74) is 2.59. The van der Waals surface area contributed by atoms with Crippen LogP contribution in [-0.2, 0) is 11.3 Å². The molecule has 1 amide bonds. The molecule has 37 heavy (non-hydrogen) atoms. The van der Waals surface area contributed by atoms with E-state index in [1.165, 1.54) is 30.5 Å². The molecule has 0 fully saturated rings. The summed E-state index contributed by atoms with van der Waals surface area (Å²) in [6.45, 7) is 0.0794. The lowest BCUT2D eigenvalue weighted by Gasteiger charge is -2.08. The third-order valence-electron chi connectivity index (χ3n) is 5.50. The van der Waals surface area contributed by atoms with E-state index in [1.807, 2.05) is 42.5 Å². The Morgan fingerprint density at radius 2 is 1.43 bits per heavy atom. The first kappa shape index (κ1) is 24.8. The van der Waals surface area contributed by atoms with Gasteiger partial charge in [0.25, 0.3) is 11.4 Å². The lowest BCUT2D eigenvalue weighted by molar-refractivity contribution is -0.385. The number of carbonyl (C=O) groups is 1. The second-order valence-corrected chi connectivity index (χ2v) is 7.99. The van der Waals surface area contributed by atoms with E-state index < -0.39 is 15.9 Å². The molecule has 9 nitrogen and oxygen atoms in total. The predicted octanol–water partition coefficient (Wildman–Crippen LogP) is 6.64. The van der Waals surface area contributed by atoms with Crippen LogP contribution >= 0.6 is 0 Å². The number of benzene rings is 4. The monoisotopic (exact) mass is 495 g/mol. The molecule has 0 spiro atoms. The number of carbonyl (C=O) groups excluding carboxylic acids is 1. The SMILES string of the molecule is O=C(N/C=C(/C=C/c1ccc([N+](=O)[O-])cc1)c1ccc([N+](=O)[O-])cc1)OCc1ccc2ccccc2c1. The third kappa shape index (κ3) is 6.64. The molecular formula is C28H21N3O6. The third-order valence-corrected chi connectivity index (χ3v) is 5.50. The normalized spacial score (nSPS) is 11.4. The lowest BCUT2D eigenvalue weighted by atomic mass is 10.0. The highest BCUT2D eigenvalue weighted by Gasteiger charge is 2.08. The number of nitrogens with zero attached hydrogens (tertiary/aromatic N) is 2. The second-order valence-electron chi connectivity index (χ2n) is 7.99. The molecule has 0 aromatic heterocycles. The smallest absolute Gasteiger partial charge is 0.411 e. The van der Waals surface area contributed by atoms with Gasteiger partial charge in [-0.2, -0.15) is 0 Å². The Balaban J connectivity index is 1.49. The van der Waals surface area contributed by atoms with Crippen molar-refractivity contribution in [3.8, 4) is 0 Å². The molecule has 4 aromatic carbocycles. The van der Waals surface area contributed by atoms with Gasteiger partial charge in [-0.05, 0) is 63.4 Å². The van der Waals surface area contributed by atoms with Crippen molar-refractivity contribution in [2.75, 3.05) is 0 Å². The van der Waals surface area contributed by atoms with Gasteiger partial charge in [-0.25, -0.2) is 4.79 Å². The van der Waals surface area contributed by atoms with Gasteiger partial charge in [0.05, 0.1) is 9.85 Å². The van der Waals surface area contributed by atoms with Crippen LogP contribution in [0.2, 0.25) is 0 Å². The Kier molecular flexibility index (Phi) is 7.65. The summed E-state index contributed by atoms with van der Waals surface area (Å²) in [5, 5.41) is 26.6. The van der Waals surface area contributed by atoms with Crippen LogP contribution < -0.4 is 5.32 Å². The van der Waals surface area contributed by atoms with E-state index in [9.17, 15) is 25.0 Å². The minimum absolute atomic E-state index is 0.0286. The molecule has 0 bridgehead atoms. The van der Waals surface area contributed by atoms with Gasteiger partial charge in [-0.1, -0.05) is 48.6 Å². The predicted molar refractivity (Wildman–Crippen MR) is 140 cm³/mol. The molecule has 4 aromatic rings. The zero-order valence-corrected chi connectivity index (χ0v) is 19.4. The maximum Gasteiger partial charge on any atom is 0.411 e. The molecule has 0 aliphatic rings. The van der Waals surface area contributed by atoms with Crippen molar-refractivity contribution in [3.63, 3.8) is 0 Å². The fraction of sp³-hybridized carbons (Fsp3) is 0.0357. The van der Waals surface area contributed by atoms with Crippen molar-refractivity contribution >= 4 is 39.9 Å². The number of nitro benzene ring substituents is 2. The number of hydrogen-bond acceptors (Lipinski definition) is 6. The number of non-ortho nitro benzene ring substituents is 2. The first-order chi connectivity index (χ1) is 17.9. The van der Waals surface area contributed by atoms with E-state index in [4.69, 9.17) is 4.74 Å². The quantitative estimate of drug-likeness (QED) is 0.166. The Morgan fingerprint density at radius 3 is 2.08 bits per heavy atom. The Bertz CT molecular complexity index is 1510. The highest BCUT2D eigenvalue weighted by atomic mass is 16.6. The molecule has 0 atom stereocenters. The largest absolute Gasteiger partial charge is 0.444 e. The standard InChI is InChI=1S/C28H21N3O6/c32-28(37-19-21-6-9-22-3-1-2-4-24(22)17-21)29-18-25(23-11-15-27(16-12-23)31(35)36)10-5-20-7-13-26(14-8-20)30(33)34/h1-18H,19H2,(H,29,32)/b10-5+,25-18-. The van der Waals surface area contributed by atoms with Crippen LogP contribution in [0.15, 0.2) is 103 Å². The summed E-state index contributed by atoms with van der Waals surface area (Å²) >= 11 is 0. The molecule has 0 radical (unpaired) electrons. The summed E-state index contributed by atoms with van der Waals surface area (Å²) in [6, 6.07) is 25.5. The Labute approximate surface area is 211 Å². The van der Waals surface area contributed by atoms with Crippen LogP contribution in [0, 0.1) is 20.2 Å². The van der Waals surface area contributed by atoms with Crippen molar-refractivity contribution in [1.82, 2.24) is 5.32 Å². The number of alkyl carbamates (subject to hydrolysis) is 1. The van der Waals surface area contributed by atoms with Crippen LogP contribution in [0.1, 0.15) is 16.7 Å². The van der Waals surface area contributed by atoms with E-state index in [0.717, 1.165) is 16.3 Å². The van der Waals surface area contributed by atoms with Crippen molar-refractivity contribution in [2.24, 2.45) is 0 Å². The fourth-order valence-corrected chi connectivity index (χ4v) is 3.55. The highest BCUT2D eigenvalue weighted by molar-refractivity contribution is 5.83. The van der Waals surface area contributed by atoms with Crippen molar-refractivity contribution < 1.29 is 19.4 Å². The molecule has 0 aliphatic carbocycles. The summed E-state index contributed by atoms with van der Waals surface area (Å²) < 4.78 is 5.34. The minimum Gasteiger partial charge on any atom is -0.444 e. The molecule has 0 saturated heterocycles. The van der Waals surface area contributed by atoms with Gasteiger partial charge in [0.15, 0.2) is 0 Å². The van der Waals surface area contributed by atoms with Crippen LogP contribution in [0.3, 0.4) is 0 Å². The Morgan fingerprint density at radius 1 is 0.811 bits per heavy atom. The first-order valence-electron chi connectivity index (χ1n) is 11.2. The molecule has 1 N–H and O–H groups in total. The van der Waals surface area contributed by atoms with Gasteiger partial charge in [0.1, 0.15) is 6.61 Å². The van der Waals surface area contributed by atoms with E-state index >= 15 is 0 Å². The van der Waals surface area contributed by atoms with Gasteiger partial charge in [-0.3, -0.25) is 25.5 Å². The molecule has 0 heterocycles. The average molecular weight is 495 g/mol. The number of rotatable bonds is 8. The van der Waals surface area contributed by atoms with Crippen molar-refractivity contribution in [2.45, 2.75) is 6.61 Å². The number of fused-ring (bicyclic) bond motifs is 1. The number of hydrogen-bond donors (Lipinski definition) is 1. The Hall–Kier alpha value is -5.31. The number of nitro groups is 2. The molecule has 0 unspecified atom stereocenters. The second kappa shape index (κ2) is 11.4. The zero-order chi connectivity index (χ0) is 26.2. The molecule has 4 rings (SSSR count). The van der Waals surface area contributed by atoms with Gasteiger partial charge < -0.3 is 4.74 Å². The van der Waals surface area contributed by atoms with Crippen LogP contribution in [0.4, 0.5) is 16.2 Å². The van der Waals surface area contributed by atoms with Gasteiger partial charge >= 0.3 is 6.09 Å². The van der Waals surface area contributed by atoms with Crippen molar-refractivity contribution in [1.29, 1.82) is 0 Å². The summed E-state index contributed by atoms with van der Waals surface area (Å²) in [5.74, 6) is 0. The molecule has 0 aliphatic heterocycles. The van der Waals surface area contributed by atoms with E-state index in [1.54, 1.807) is 36.4 Å². The highest BCUT2D eigenvalue weighted by Crippen LogP contribution is 2.22. The molecule has 9 heteroatoms. The van der Waals surface area contributed by atoms with Gasteiger partial charge in [-0.15, -0.1) is 0 Å².